The zero-order chi connectivity index (χ0) is 11.5. The Balaban J connectivity index is 3.53. The van der Waals surface area contributed by atoms with Crippen molar-refractivity contribution in [2.75, 3.05) is 19.8 Å². The van der Waals surface area contributed by atoms with Crippen LogP contribution in [0.25, 0.3) is 0 Å². The summed E-state index contributed by atoms with van der Waals surface area (Å²) < 4.78 is 5.34. The molecule has 0 aromatic carbocycles. The second kappa shape index (κ2) is 9.93. The molecule has 0 aliphatic carbocycles. The maximum absolute atomic E-state index is 10.8. The van der Waals surface area contributed by atoms with Crippen molar-refractivity contribution >= 4 is 5.97 Å². The lowest BCUT2D eigenvalue weighted by Crippen LogP contribution is -2.17. The summed E-state index contributed by atoms with van der Waals surface area (Å²) in [4.78, 5) is 10.8. The van der Waals surface area contributed by atoms with Gasteiger partial charge in [-0.3, -0.25) is 4.79 Å². The highest BCUT2D eigenvalue weighted by Gasteiger charge is 2.15. The molecule has 0 saturated heterocycles. The fourth-order valence-electron chi connectivity index (χ4n) is 1.33. The number of hydrogen-bond donors (Lipinski definition) is 2. The smallest absolute Gasteiger partial charge is 0.306 e. The topological polar surface area (TPSA) is 72.5 Å². The number of carbonyl (C=O) groups is 1. The van der Waals surface area contributed by atoms with E-state index in [1.54, 1.807) is 0 Å². The number of rotatable bonds is 10. The predicted octanol–water partition coefficient (Wildman–Crippen LogP) is 1.63. The molecule has 0 bridgehead atoms. The molecule has 4 heteroatoms. The third-order valence-electron chi connectivity index (χ3n) is 2.36. The van der Waals surface area contributed by atoms with Crippen LogP contribution in [0.5, 0.6) is 0 Å². The van der Waals surface area contributed by atoms with Crippen LogP contribution in [0.3, 0.4) is 0 Å². The molecule has 0 spiro atoms. The fourth-order valence-corrected chi connectivity index (χ4v) is 1.33. The van der Waals surface area contributed by atoms with E-state index in [1.165, 1.54) is 0 Å². The van der Waals surface area contributed by atoms with Crippen molar-refractivity contribution < 1.29 is 14.6 Å². The number of carboxylic acids is 1. The largest absolute Gasteiger partial charge is 0.481 e. The molecule has 0 amide bonds. The molecular weight excluding hydrogens is 194 g/mol. The zero-order valence-corrected chi connectivity index (χ0v) is 9.58. The molecule has 0 rings (SSSR count). The number of carboxylic acid groups (broad SMARTS) is 1. The summed E-state index contributed by atoms with van der Waals surface area (Å²) in [7, 11) is 0. The number of aliphatic carboxylic acids is 1. The SMILES string of the molecule is CCCCOCCC(CCCN)C(=O)O. The summed E-state index contributed by atoms with van der Waals surface area (Å²) in [5.41, 5.74) is 5.35. The summed E-state index contributed by atoms with van der Waals surface area (Å²) in [5, 5.41) is 8.91. The lowest BCUT2D eigenvalue weighted by atomic mass is 10.0. The van der Waals surface area contributed by atoms with Crippen LogP contribution in [0.15, 0.2) is 0 Å². The van der Waals surface area contributed by atoms with Gasteiger partial charge in [0.2, 0.25) is 0 Å². The van der Waals surface area contributed by atoms with E-state index >= 15 is 0 Å². The summed E-state index contributed by atoms with van der Waals surface area (Å²) in [6, 6.07) is 0. The second-order valence-corrected chi connectivity index (χ2v) is 3.72. The summed E-state index contributed by atoms with van der Waals surface area (Å²) in [5.74, 6) is -1.03. The van der Waals surface area contributed by atoms with Gasteiger partial charge in [0, 0.05) is 13.2 Å². The van der Waals surface area contributed by atoms with Crippen molar-refractivity contribution in [3.63, 3.8) is 0 Å². The van der Waals surface area contributed by atoms with Crippen molar-refractivity contribution in [1.82, 2.24) is 0 Å². The molecule has 0 heterocycles. The van der Waals surface area contributed by atoms with E-state index in [2.05, 4.69) is 6.92 Å². The Bertz CT molecular complexity index is 162. The van der Waals surface area contributed by atoms with Gasteiger partial charge in [-0.05, 0) is 32.2 Å². The molecule has 0 aliphatic rings. The van der Waals surface area contributed by atoms with E-state index in [4.69, 9.17) is 15.6 Å². The Hall–Kier alpha value is -0.610. The highest BCUT2D eigenvalue weighted by molar-refractivity contribution is 5.69. The van der Waals surface area contributed by atoms with Crippen LogP contribution in [0.2, 0.25) is 0 Å². The quantitative estimate of drug-likeness (QED) is 0.545. The van der Waals surface area contributed by atoms with Crippen molar-refractivity contribution in [1.29, 1.82) is 0 Å². The first-order valence-corrected chi connectivity index (χ1v) is 5.73. The summed E-state index contributed by atoms with van der Waals surface area (Å²) in [6.07, 6.45) is 4.17. The standard InChI is InChI=1S/C11H23NO3/c1-2-3-8-15-9-6-10(11(13)14)5-4-7-12/h10H,2-9,12H2,1H3,(H,13,14). The van der Waals surface area contributed by atoms with Gasteiger partial charge in [0.1, 0.15) is 0 Å². The van der Waals surface area contributed by atoms with Crippen molar-refractivity contribution in [2.24, 2.45) is 11.7 Å². The zero-order valence-electron chi connectivity index (χ0n) is 9.58. The monoisotopic (exact) mass is 217 g/mol. The second-order valence-electron chi connectivity index (χ2n) is 3.72. The molecule has 4 nitrogen and oxygen atoms in total. The molecule has 0 aromatic rings. The Labute approximate surface area is 91.8 Å². The highest BCUT2D eigenvalue weighted by atomic mass is 16.5. The van der Waals surface area contributed by atoms with Crippen molar-refractivity contribution in [2.45, 2.75) is 39.0 Å². The Morgan fingerprint density at radius 3 is 2.60 bits per heavy atom. The Morgan fingerprint density at radius 1 is 1.33 bits per heavy atom. The predicted molar refractivity (Wildman–Crippen MR) is 59.8 cm³/mol. The molecule has 1 atom stereocenters. The van der Waals surface area contributed by atoms with Crippen LogP contribution in [0, 0.1) is 5.92 Å². The fraction of sp³-hybridized carbons (Fsp3) is 0.909. The lowest BCUT2D eigenvalue weighted by molar-refractivity contribution is -0.142. The van der Waals surface area contributed by atoms with Crippen molar-refractivity contribution in [3.8, 4) is 0 Å². The lowest BCUT2D eigenvalue weighted by Gasteiger charge is -2.11. The molecule has 3 N–H and O–H groups in total. The normalized spacial score (nSPS) is 12.7. The van der Waals surface area contributed by atoms with Gasteiger partial charge in [0.15, 0.2) is 0 Å². The van der Waals surface area contributed by atoms with E-state index in [-0.39, 0.29) is 5.92 Å². The first-order valence-electron chi connectivity index (χ1n) is 5.73. The van der Waals surface area contributed by atoms with Crippen LogP contribution in [-0.2, 0) is 9.53 Å². The van der Waals surface area contributed by atoms with Gasteiger partial charge in [0.05, 0.1) is 5.92 Å². The minimum atomic E-state index is -0.734. The van der Waals surface area contributed by atoms with Crippen LogP contribution >= 0.6 is 0 Å². The third kappa shape index (κ3) is 8.39. The third-order valence-corrected chi connectivity index (χ3v) is 2.36. The molecule has 0 fully saturated rings. The van der Waals surface area contributed by atoms with Gasteiger partial charge < -0.3 is 15.6 Å². The van der Waals surface area contributed by atoms with Gasteiger partial charge in [-0.2, -0.15) is 0 Å². The Morgan fingerprint density at radius 2 is 2.07 bits per heavy atom. The molecule has 0 aromatic heterocycles. The minimum absolute atomic E-state index is 0.296. The van der Waals surface area contributed by atoms with Crippen LogP contribution in [-0.4, -0.2) is 30.8 Å². The Kier molecular flexibility index (Phi) is 9.52. The van der Waals surface area contributed by atoms with Crippen LogP contribution in [0.4, 0.5) is 0 Å². The summed E-state index contributed by atoms with van der Waals surface area (Å²) >= 11 is 0. The van der Waals surface area contributed by atoms with Gasteiger partial charge in [-0.1, -0.05) is 13.3 Å². The number of ether oxygens (including phenoxy) is 1. The average Bonchev–Trinajstić information content (AvgIpc) is 2.21. The van der Waals surface area contributed by atoms with E-state index < -0.39 is 5.97 Å². The van der Waals surface area contributed by atoms with Gasteiger partial charge >= 0.3 is 5.97 Å². The summed E-state index contributed by atoms with van der Waals surface area (Å²) in [6.45, 7) is 3.94. The van der Waals surface area contributed by atoms with Crippen molar-refractivity contribution in [3.05, 3.63) is 0 Å². The maximum Gasteiger partial charge on any atom is 0.306 e. The molecule has 0 radical (unpaired) electrons. The van der Waals surface area contributed by atoms with E-state index in [1.807, 2.05) is 0 Å². The van der Waals surface area contributed by atoms with Gasteiger partial charge in [0.25, 0.3) is 0 Å². The molecule has 15 heavy (non-hydrogen) atoms. The van der Waals surface area contributed by atoms with E-state index in [0.717, 1.165) is 25.9 Å². The first-order chi connectivity index (χ1) is 7.22. The minimum Gasteiger partial charge on any atom is -0.481 e. The molecule has 0 saturated carbocycles. The molecule has 90 valence electrons. The highest BCUT2D eigenvalue weighted by Crippen LogP contribution is 2.11. The van der Waals surface area contributed by atoms with E-state index in [9.17, 15) is 4.79 Å². The molecule has 0 aliphatic heterocycles. The van der Waals surface area contributed by atoms with Gasteiger partial charge in [-0.25, -0.2) is 0 Å². The number of nitrogens with two attached hydrogens (primary N) is 1. The van der Waals surface area contributed by atoms with Gasteiger partial charge in [-0.15, -0.1) is 0 Å². The van der Waals surface area contributed by atoms with E-state index in [0.29, 0.717) is 26.0 Å². The average molecular weight is 217 g/mol. The van der Waals surface area contributed by atoms with Crippen LogP contribution < -0.4 is 5.73 Å². The first kappa shape index (κ1) is 14.4. The maximum atomic E-state index is 10.8. The number of hydrogen-bond acceptors (Lipinski definition) is 3. The molecule has 1 unspecified atom stereocenters. The number of unbranched alkanes of at least 4 members (excludes halogenated alkanes) is 1. The van der Waals surface area contributed by atoms with Crippen LogP contribution in [0.1, 0.15) is 39.0 Å². The molecular formula is C11H23NO3.